The van der Waals surface area contributed by atoms with Gasteiger partial charge in [0, 0.05) is 30.8 Å². The topological polar surface area (TPSA) is 83.9 Å². The van der Waals surface area contributed by atoms with Gasteiger partial charge in [0.1, 0.15) is 5.82 Å². The summed E-state index contributed by atoms with van der Waals surface area (Å²) in [5.41, 5.74) is 1.38. The number of benzene rings is 1. The van der Waals surface area contributed by atoms with Crippen LogP contribution in [0.3, 0.4) is 0 Å². The largest absolute Gasteiger partial charge is 0.349 e. The fraction of sp³-hybridized carbons (Fsp3) is 0.300. The van der Waals surface area contributed by atoms with Gasteiger partial charge in [-0.05, 0) is 43.5 Å². The molecule has 4 rings (SSSR count). The van der Waals surface area contributed by atoms with Crippen LogP contribution in [0.2, 0.25) is 0 Å². The van der Waals surface area contributed by atoms with Crippen LogP contribution in [0.15, 0.2) is 53.5 Å². The van der Waals surface area contributed by atoms with E-state index in [-0.39, 0.29) is 17.5 Å². The predicted octanol–water partition coefficient (Wildman–Crippen LogP) is 2.28. The van der Waals surface area contributed by atoms with Crippen molar-refractivity contribution in [3.05, 3.63) is 76.1 Å². The van der Waals surface area contributed by atoms with Gasteiger partial charge in [0.25, 0.3) is 5.91 Å². The first-order chi connectivity index (χ1) is 13.1. The van der Waals surface area contributed by atoms with Crippen LogP contribution < -0.4 is 5.69 Å². The Kier molecular flexibility index (Phi) is 4.58. The number of piperidine rings is 1. The van der Waals surface area contributed by atoms with Gasteiger partial charge >= 0.3 is 5.69 Å². The molecule has 0 bridgehead atoms. The van der Waals surface area contributed by atoms with Crippen LogP contribution in [0.4, 0.5) is 0 Å². The van der Waals surface area contributed by atoms with E-state index in [4.69, 9.17) is 0 Å². The molecule has 0 saturated carbocycles. The van der Waals surface area contributed by atoms with Crippen LogP contribution in [0, 0.1) is 6.92 Å². The molecule has 1 amide bonds. The molecule has 1 fully saturated rings. The Bertz CT molecular complexity index is 1010. The second-order valence-electron chi connectivity index (χ2n) is 6.82. The number of rotatable bonds is 3. The van der Waals surface area contributed by atoms with Gasteiger partial charge < -0.3 is 4.90 Å². The Balaban J connectivity index is 1.56. The summed E-state index contributed by atoms with van der Waals surface area (Å²) in [6.45, 7) is 3.21. The molecule has 2 aromatic heterocycles. The minimum absolute atomic E-state index is 0.00406. The molecular weight excluding hydrogens is 342 g/mol. The van der Waals surface area contributed by atoms with Crippen molar-refractivity contribution in [1.82, 2.24) is 24.6 Å². The number of likely N-dealkylation sites (tertiary alicyclic amines) is 1. The number of pyridine rings is 1. The van der Waals surface area contributed by atoms with Gasteiger partial charge in [-0.2, -0.15) is 4.68 Å². The van der Waals surface area contributed by atoms with Gasteiger partial charge in [0.05, 0.1) is 0 Å². The molecule has 3 aromatic rings. The van der Waals surface area contributed by atoms with Crippen molar-refractivity contribution in [2.75, 3.05) is 13.1 Å². The Morgan fingerprint density at radius 1 is 1.19 bits per heavy atom. The van der Waals surface area contributed by atoms with Gasteiger partial charge in [-0.1, -0.05) is 24.3 Å². The molecule has 0 spiro atoms. The third-order valence-corrected chi connectivity index (χ3v) is 4.97. The van der Waals surface area contributed by atoms with Crippen molar-refractivity contribution in [2.24, 2.45) is 0 Å². The molecule has 1 unspecified atom stereocenters. The highest BCUT2D eigenvalue weighted by molar-refractivity contribution is 5.95. The average Bonchev–Trinajstić information content (AvgIpc) is 3.10. The lowest BCUT2D eigenvalue weighted by atomic mass is 9.96. The molecule has 1 aliphatic rings. The lowest BCUT2D eigenvalue weighted by molar-refractivity contribution is 0.0704. The molecule has 0 aliphatic carbocycles. The Labute approximate surface area is 156 Å². The van der Waals surface area contributed by atoms with E-state index in [2.05, 4.69) is 15.1 Å². The van der Waals surface area contributed by atoms with E-state index in [0.717, 1.165) is 30.5 Å². The average molecular weight is 363 g/mol. The van der Waals surface area contributed by atoms with Gasteiger partial charge in [0.2, 0.25) is 0 Å². The third-order valence-electron chi connectivity index (χ3n) is 4.97. The Hall–Kier alpha value is -3.22. The van der Waals surface area contributed by atoms with E-state index in [9.17, 15) is 9.59 Å². The molecule has 0 radical (unpaired) electrons. The number of hydrogen-bond donors (Lipinski definition) is 1. The smallest absolute Gasteiger partial charge is 0.338 e. The zero-order valence-corrected chi connectivity index (χ0v) is 15.1. The standard InChI is InChI=1S/C20H21N5O2/c1-14-7-2-3-9-16(14)19(26)24-12-6-8-15(13-24)18-22-20(27)25(23-18)17-10-4-5-11-21-17/h2-5,7,9-11,15H,6,8,12-13H2,1H3,(H,22,23,27). The first kappa shape index (κ1) is 17.2. The van der Waals surface area contributed by atoms with E-state index in [1.54, 1.807) is 18.3 Å². The molecule has 138 valence electrons. The predicted molar refractivity (Wildman–Crippen MR) is 101 cm³/mol. The number of aryl methyl sites for hydroxylation is 1. The van der Waals surface area contributed by atoms with Crippen LogP contribution >= 0.6 is 0 Å². The van der Waals surface area contributed by atoms with E-state index in [0.29, 0.717) is 18.2 Å². The molecule has 1 N–H and O–H groups in total. The number of hydrogen-bond acceptors (Lipinski definition) is 4. The number of nitrogens with one attached hydrogen (secondary N) is 1. The van der Waals surface area contributed by atoms with Gasteiger partial charge in [-0.15, -0.1) is 5.10 Å². The van der Waals surface area contributed by atoms with E-state index < -0.39 is 0 Å². The third kappa shape index (κ3) is 3.40. The van der Waals surface area contributed by atoms with E-state index >= 15 is 0 Å². The van der Waals surface area contributed by atoms with Crippen molar-refractivity contribution in [2.45, 2.75) is 25.7 Å². The highest BCUT2D eigenvalue weighted by atomic mass is 16.2. The maximum Gasteiger partial charge on any atom is 0.349 e. The lowest BCUT2D eigenvalue weighted by Gasteiger charge is -2.32. The zero-order valence-electron chi connectivity index (χ0n) is 15.1. The molecule has 1 saturated heterocycles. The number of aromatic nitrogens is 4. The van der Waals surface area contributed by atoms with Crippen LogP contribution in [0.5, 0.6) is 0 Å². The summed E-state index contributed by atoms with van der Waals surface area (Å²) in [6.07, 6.45) is 3.38. The summed E-state index contributed by atoms with van der Waals surface area (Å²) in [6, 6.07) is 13.0. The molecule has 7 heteroatoms. The van der Waals surface area contributed by atoms with Crippen LogP contribution in [-0.2, 0) is 0 Å². The molecule has 3 heterocycles. The van der Waals surface area contributed by atoms with Crippen molar-refractivity contribution in [3.63, 3.8) is 0 Å². The van der Waals surface area contributed by atoms with Crippen LogP contribution in [-0.4, -0.2) is 43.6 Å². The molecule has 1 atom stereocenters. The summed E-state index contributed by atoms with van der Waals surface area (Å²) in [4.78, 5) is 34.1. The molecule has 27 heavy (non-hydrogen) atoms. The summed E-state index contributed by atoms with van der Waals surface area (Å²) in [5, 5.41) is 4.44. The van der Waals surface area contributed by atoms with Crippen molar-refractivity contribution in [3.8, 4) is 5.82 Å². The summed E-state index contributed by atoms with van der Waals surface area (Å²) >= 11 is 0. The number of aromatic amines is 1. The molecular formula is C20H21N5O2. The molecule has 1 aromatic carbocycles. The van der Waals surface area contributed by atoms with Crippen molar-refractivity contribution in [1.29, 1.82) is 0 Å². The second kappa shape index (κ2) is 7.19. The number of nitrogens with zero attached hydrogens (tertiary/aromatic N) is 4. The fourth-order valence-corrected chi connectivity index (χ4v) is 3.53. The Morgan fingerprint density at radius 2 is 2.00 bits per heavy atom. The van der Waals surface area contributed by atoms with Gasteiger partial charge in [-0.3, -0.25) is 9.78 Å². The first-order valence-corrected chi connectivity index (χ1v) is 9.09. The SMILES string of the molecule is Cc1ccccc1C(=O)N1CCCC(c2nn(-c3ccccn3)c(=O)[nH]2)C1. The summed E-state index contributed by atoms with van der Waals surface area (Å²) in [7, 11) is 0. The monoisotopic (exact) mass is 363 g/mol. The summed E-state index contributed by atoms with van der Waals surface area (Å²) < 4.78 is 1.28. The second-order valence-corrected chi connectivity index (χ2v) is 6.82. The highest BCUT2D eigenvalue weighted by Gasteiger charge is 2.28. The van der Waals surface area contributed by atoms with E-state index in [1.165, 1.54) is 4.68 Å². The number of H-pyrrole nitrogens is 1. The number of carbonyl (C=O) groups is 1. The van der Waals surface area contributed by atoms with Gasteiger partial charge in [0.15, 0.2) is 5.82 Å². The first-order valence-electron chi connectivity index (χ1n) is 9.09. The maximum atomic E-state index is 12.9. The van der Waals surface area contributed by atoms with Crippen LogP contribution in [0.1, 0.15) is 40.5 Å². The minimum Gasteiger partial charge on any atom is -0.338 e. The van der Waals surface area contributed by atoms with E-state index in [1.807, 2.05) is 42.2 Å². The number of carbonyl (C=O) groups excluding carboxylic acids is 1. The number of amides is 1. The zero-order chi connectivity index (χ0) is 18.8. The lowest BCUT2D eigenvalue weighted by Crippen LogP contribution is -2.39. The quantitative estimate of drug-likeness (QED) is 0.774. The van der Waals surface area contributed by atoms with Crippen LogP contribution in [0.25, 0.3) is 5.82 Å². The maximum absolute atomic E-state index is 12.9. The highest BCUT2D eigenvalue weighted by Crippen LogP contribution is 2.25. The van der Waals surface area contributed by atoms with Crippen molar-refractivity contribution < 1.29 is 4.79 Å². The Morgan fingerprint density at radius 3 is 2.78 bits per heavy atom. The van der Waals surface area contributed by atoms with Gasteiger partial charge in [-0.25, -0.2) is 9.78 Å². The normalized spacial score (nSPS) is 17.1. The van der Waals surface area contributed by atoms with Crippen molar-refractivity contribution >= 4 is 5.91 Å². The molecule has 1 aliphatic heterocycles. The molecule has 7 nitrogen and oxygen atoms in total. The summed E-state index contributed by atoms with van der Waals surface area (Å²) in [5.74, 6) is 1.12. The minimum atomic E-state index is -0.314. The fourth-order valence-electron chi connectivity index (χ4n) is 3.53.